The first-order chi connectivity index (χ1) is 13.7. The lowest BCUT2D eigenvalue weighted by molar-refractivity contribution is -0.121. The van der Waals surface area contributed by atoms with Crippen LogP contribution in [0.5, 0.6) is 5.75 Å². The van der Waals surface area contributed by atoms with E-state index in [0.717, 1.165) is 9.87 Å². The molecule has 1 aliphatic heterocycles. The number of amides is 2. The number of ether oxygens (including phenoxy) is 1. The molecule has 0 fully saturated rings. The molecule has 2 amide bonds. The van der Waals surface area contributed by atoms with E-state index in [-0.39, 0.29) is 40.4 Å². The van der Waals surface area contributed by atoms with Gasteiger partial charge in [-0.25, -0.2) is 8.42 Å². The summed E-state index contributed by atoms with van der Waals surface area (Å²) in [6, 6.07) is 9.44. The van der Waals surface area contributed by atoms with Crippen LogP contribution in [0, 0.1) is 0 Å². The highest BCUT2D eigenvalue weighted by atomic mass is 35.5. The number of likely N-dealkylation sites (N-methyl/N-ethyl adjacent to an activating group) is 1. The number of carbonyl (C=O) groups excluding carboxylic acids is 2. The van der Waals surface area contributed by atoms with Crippen LogP contribution >= 0.6 is 23.2 Å². The van der Waals surface area contributed by atoms with Crippen molar-refractivity contribution in [2.45, 2.75) is 11.4 Å². The zero-order valence-electron chi connectivity index (χ0n) is 15.2. The lowest BCUT2D eigenvalue weighted by Gasteiger charge is -2.22. The van der Waals surface area contributed by atoms with Gasteiger partial charge in [0.05, 0.1) is 17.3 Å². The van der Waals surface area contributed by atoms with Gasteiger partial charge < -0.3 is 15.4 Å². The van der Waals surface area contributed by atoms with Crippen LogP contribution in [0.4, 0.5) is 5.69 Å². The molecule has 0 spiro atoms. The molecule has 1 aliphatic rings. The number of nitrogens with zero attached hydrogens (tertiary/aromatic N) is 1. The first-order valence-electron chi connectivity index (χ1n) is 8.40. The predicted molar refractivity (Wildman–Crippen MR) is 109 cm³/mol. The van der Waals surface area contributed by atoms with Crippen molar-refractivity contribution in [3.8, 4) is 5.75 Å². The van der Waals surface area contributed by atoms with Crippen LogP contribution in [0.1, 0.15) is 5.56 Å². The van der Waals surface area contributed by atoms with Crippen molar-refractivity contribution in [2.24, 2.45) is 0 Å². The first kappa shape index (κ1) is 21.4. The van der Waals surface area contributed by atoms with Crippen LogP contribution in [0.3, 0.4) is 0 Å². The summed E-state index contributed by atoms with van der Waals surface area (Å²) in [5, 5.41) is 5.68. The van der Waals surface area contributed by atoms with E-state index in [2.05, 4.69) is 10.6 Å². The molecule has 154 valence electrons. The minimum absolute atomic E-state index is 0.0945. The second-order valence-corrected chi connectivity index (χ2v) is 9.14. The van der Waals surface area contributed by atoms with Crippen molar-refractivity contribution in [3.05, 3.63) is 52.0 Å². The summed E-state index contributed by atoms with van der Waals surface area (Å²) in [6.45, 7) is -0.394. The van der Waals surface area contributed by atoms with E-state index >= 15 is 0 Å². The molecule has 0 unspecified atom stereocenters. The highest BCUT2D eigenvalue weighted by Gasteiger charge is 2.28. The Morgan fingerprint density at radius 1 is 1.24 bits per heavy atom. The number of nitrogens with one attached hydrogen (secondary N) is 2. The van der Waals surface area contributed by atoms with Gasteiger partial charge in [0.2, 0.25) is 15.9 Å². The zero-order chi connectivity index (χ0) is 21.2. The minimum Gasteiger partial charge on any atom is -0.482 e. The van der Waals surface area contributed by atoms with E-state index in [1.165, 1.54) is 19.2 Å². The molecule has 0 saturated heterocycles. The summed E-state index contributed by atoms with van der Waals surface area (Å²) < 4.78 is 31.8. The molecule has 2 aromatic rings. The normalized spacial score (nSPS) is 13.4. The summed E-state index contributed by atoms with van der Waals surface area (Å²) in [5.74, 6) is -0.657. The summed E-state index contributed by atoms with van der Waals surface area (Å²) in [7, 11) is -2.80. The van der Waals surface area contributed by atoms with Crippen molar-refractivity contribution < 1.29 is 22.7 Å². The molecule has 0 aliphatic carbocycles. The third-order valence-electron chi connectivity index (χ3n) is 4.12. The molecule has 8 nitrogen and oxygen atoms in total. The number of sulfonamides is 1. The summed E-state index contributed by atoms with van der Waals surface area (Å²) in [6.07, 6.45) is 0. The van der Waals surface area contributed by atoms with Gasteiger partial charge in [0.1, 0.15) is 10.6 Å². The first-order valence-corrected chi connectivity index (χ1v) is 10.6. The Morgan fingerprint density at radius 3 is 2.62 bits per heavy atom. The van der Waals surface area contributed by atoms with E-state index in [4.69, 9.17) is 27.9 Å². The fraction of sp³-hybridized carbons (Fsp3) is 0.222. The smallest absolute Gasteiger partial charge is 0.262 e. The van der Waals surface area contributed by atoms with Crippen molar-refractivity contribution in [3.63, 3.8) is 0 Å². The largest absolute Gasteiger partial charge is 0.482 e. The third-order valence-corrected chi connectivity index (χ3v) is 6.64. The SMILES string of the molecule is CN(CC(=O)NCc1ccc(Cl)cc1)S(=O)(=O)c1cc2c(cc1Cl)NC(=O)CO2. The topological polar surface area (TPSA) is 105 Å². The maximum atomic E-state index is 12.9. The number of hydrogen-bond donors (Lipinski definition) is 2. The molecule has 0 radical (unpaired) electrons. The Balaban J connectivity index is 1.69. The van der Waals surface area contributed by atoms with Crippen LogP contribution in [-0.2, 0) is 26.2 Å². The second-order valence-electron chi connectivity index (χ2n) is 6.28. The molecule has 0 atom stereocenters. The molecular weight excluding hydrogens is 441 g/mol. The Labute approximate surface area is 177 Å². The Bertz CT molecular complexity index is 1060. The molecule has 1 heterocycles. The van der Waals surface area contributed by atoms with E-state index in [1.54, 1.807) is 24.3 Å². The lowest BCUT2D eigenvalue weighted by atomic mass is 10.2. The number of hydrogen-bond acceptors (Lipinski definition) is 5. The van der Waals surface area contributed by atoms with Gasteiger partial charge in [0, 0.05) is 24.7 Å². The quantitative estimate of drug-likeness (QED) is 0.691. The van der Waals surface area contributed by atoms with Gasteiger partial charge in [-0.2, -0.15) is 4.31 Å². The van der Waals surface area contributed by atoms with Crippen LogP contribution in [-0.4, -0.2) is 44.7 Å². The Hall–Kier alpha value is -2.33. The van der Waals surface area contributed by atoms with Gasteiger partial charge in [-0.05, 0) is 23.8 Å². The van der Waals surface area contributed by atoms with E-state index in [0.29, 0.717) is 5.02 Å². The molecule has 2 N–H and O–H groups in total. The van der Waals surface area contributed by atoms with Gasteiger partial charge in [0.25, 0.3) is 5.91 Å². The molecule has 2 aromatic carbocycles. The monoisotopic (exact) mass is 457 g/mol. The van der Waals surface area contributed by atoms with Gasteiger partial charge in [0.15, 0.2) is 6.61 Å². The Kier molecular flexibility index (Phi) is 6.33. The van der Waals surface area contributed by atoms with E-state index in [9.17, 15) is 18.0 Å². The number of rotatable bonds is 6. The fourth-order valence-corrected chi connectivity index (χ4v) is 4.36. The van der Waals surface area contributed by atoms with Gasteiger partial charge in [-0.1, -0.05) is 35.3 Å². The van der Waals surface area contributed by atoms with Crippen LogP contribution in [0.15, 0.2) is 41.3 Å². The number of carbonyl (C=O) groups is 2. The average molecular weight is 458 g/mol. The van der Waals surface area contributed by atoms with Gasteiger partial charge in [-0.15, -0.1) is 0 Å². The van der Waals surface area contributed by atoms with E-state index in [1.807, 2.05) is 0 Å². The van der Waals surface area contributed by atoms with Crippen molar-refractivity contribution in [1.29, 1.82) is 0 Å². The molecule has 29 heavy (non-hydrogen) atoms. The number of fused-ring (bicyclic) bond motifs is 1. The van der Waals surface area contributed by atoms with Crippen LogP contribution < -0.4 is 15.4 Å². The number of benzene rings is 2. The van der Waals surface area contributed by atoms with Gasteiger partial charge >= 0.3 is 0 Å². The average Bonchev–Trinajstić information content (AvgIpc) is 2.66. The standard InChI is InChI=1S/C18H17Cl2N3O5S/c1-23(9-17(24)21-8-11-2-4-12(19)5-3-11)29(26,27)16-7-15-14(6-13(16)20)22-18(25)10-28-15/h2-7H,8-10H2,1H3,(H,21,24)(H,22,25). The molecule has 0 bridgehead atoms. The van der Waals surface area contributed by atoms with Crippen molar-refractivity contribution in [2.75, 3.05) is 25.5 Å². The number of halogens is 2. The van der Waals surface area contributed by atoms with Crippen molar-refractivity contribution in [1.82, 2.24) is 9.62 Å². The highest BCUT2D eigenvalue weighted by Crippen LogP contribution is 2.36. The second kappa shape index (κ2) is 8.58. The summed E-state index contributed by atoms with van der Waals surface area (Å²) >= 11 is 11.9. The maximum absolute atomic E-state index is 12.9. The van der Waals surface area contributed by atoms with Gasteiger partial charge in [-0.3, -0.25) is 9.59 Å². The molecule has 0 saturated carbocycles. The lowest BCUT2D eigenvalue weighted by Crippen LogP contribution is -2.38. The fourth-order valence-electron chi connectivity index (χ4n) is 2.59. The highest BCUT2D eigenvalue weighted by molar-refractivity contribution is 7.89. The van der Waals surface area contributed by atoms with E-state index < -0.39 is 22.5 Å². The zero-order valence-corrected chi connectivity index (χ0v) is 17.6. The minimum atomic E-state index is -4.07. The molecule has 0 aromatic heterocycles. The Morgan fingerprint density at radius 2 is 1.93 bits per heavy atom. The molecule has 11 heteroatoms. The number of anilines is 1. The molecule has 3 rings (SSSR count). The van der Waals surface area contributed by atoms with Crippen LogP contribution in [0.2, 0.25) is 10.0 Å². The maximum Gasteiger partial charge on any atom is 0.262 e. The molecular formula is C18H17Cl2N3O5S. The summed E-state index contributed by atoms with van der Waals surface area (Å²) in [5.41, 5.74) is 1.11. The van der Waals surface area contributed by atoms with Crippen molar-refractivity contribution >= 4 is 50.7 Å². The predicted octanol–water partition coefficient (Wildman–Crippen LogP) is 2.26. The van der Waals surface area contributed by atoms with Crippen LogP contribution in [0.25, 0.3) is 0 Å². The third kappa shape index (κ3) is 4.99. The summed E-state index contributed by atoms with van der Waals surface area (Å²) in [4.78, 5) is 23.3.